The normalized spacial score (nSPS) is 13.2. The number of alkyl halides is 2. The molecule has 1 rings (SSSR count). The lowest BCUT2D eigenvalue weighted by Crippen LogP contribution is -2.41. The molecule has 1 aromatic rings. The molecule has 7 heteroatoms. The Balaban J connectivity index is 3.09. The summed E-state index contributed by atoms with van der Waals surface area (Å²) < 4.78 is 31.7. The first-order valence-corrected chi connectivity index (χ1v) is 5.82. The van der Waals surface area contributed by atoms with Gasteiger partial charge in [0.1, 0.15) is 6.04 Å². The summed E-state index contributed by atoms with van der Waals surface area (Å²) in [5, 5.41) is -0.0140. The minimum absolute atomic E-state index is 0.0873. The molecule has 0 saturated heterocycles. The average molecular weight is 298 g/mol. The van der Waals surface area contributed by atoms with Crippen LogP contribution in [-0.4, -0.2) is 18.5 Å². The smallest absolute Gasteiger partial charge is 0.379 e. The quantitative estimate of drug-likeness (QED) is 0.868. The molecule has 0 bridgehead atoms. The summed E-state index contributed by atoms with van der Waals surface area (Å²) in [7, 11) is 0. The number of benzene rings is 1. The fourth-order valence-corrected chi connectivity index (χ4v) is 1.74. The number of carbonyl (C=O) groups is 1. The molecule has 0 amide bonds. The molecule has 0 saturated carbocycles. The maximum atomic E-state index is 13.7. The Kier molecular flexibility index (Phi) is 4.90. The maximum Gasteiger partial charge on any atom is 0.379 e. The Morgan fingerprint density at radius 3 is 2.67 bits per heavy atom. The number of halogens is 4. The van der Waals surface area contributed by atoms with Crippen molar-refractivity contribution in [2.45, 2.75) is 18.9 Å². The van der Waals surface area contributed by atoms with Crippen LogP contribution >= 0.6 is 23.2 Å². The minimum Gasteiger partial charge on any atom is -0.462 e. The highest BCUT2D eigenvalue weighted by Crippen LogP contribution is 2.36. The van der Waals surface area contributed by atoms with Gasteiger partial charge < -0.3 is 10.5 Å². The Hall–Kier alpha value is -0.910. The van der Waals surface area contributed by atoms with E-state index in [0.29, 0.717) is 0 Å². The van der Waals surface area contributed by atoms with E-state index in [4.69, 9.17) is 28.9 Å². The van der Waals surface area contributed by atoms with Gasteiger partial charge in [0.2, 0.25) is 0 Å². The van der Waals surface area contributed by atoms with Crippen LogP contribution < -0.4 is 5.73 Å². The second-order valence-electron chi connectivity index (χ2n) is 3.46. The zero-order valence-corrected chi connectivity index (χ0v) is 10.9. The van der Waals surface area contributed by atoms with Crippen molar-refractivity contribution >= 4 is 29.2 Å². The van der Waals surface area contributed by atoms with Crippen molar-refractivity contribution in [2.24, 2.45) is 5.73 Å². The van der Waals surface area contributed by atoms with E-state index in [2.05, 4.69) is 4.74 Å². The molecule has 0 heterocycles. The van der Waals surface area contributed by atoms with Crippen LogP contribution in [-0.2, 0) is 9.53 Å². The van der Waals surface area contributed by atoms with Crippen LogP contribution in [0.1, 0.15) is 18.5 Å². The van der Waals surface area contributed by atoms with Crippen LogP contribution in [0.5, 0.6) is 0 Å². The van der Waals surface area contributed by atoms with Crippen LogP contribution in [0.15, 0.2) is 18.2 Å². The van der Waals surface area contributed by atoms with E-state index in [1.807, 2.05) is 0 Å². The van der Waals surface area contributed by atoms with Crippen LogP contribution in [0.2, 0.25) is 10.0 Å². The fraction of sp³-hybridized carbons (Fsp3) is 0.364. The second-order valence-corrected chi connectivity index (χ2v) is 4.25. The highest BCUT2D eigenvalue weighted by Gasteiger charge is 2.48. The highest BCUT2D eigenvalue weighted by molar-refractivity contribution is 6.42. The molecule has 1 atom stereocenters. The molecule has 0 spiro atoms. The molecule has 0 aliphatic rings. The first-order chi connectivity index (χ1) is 8.32. The summed E-state index contributed by atoms with van der Waals surface area (Å²) in [6, 6.07) is 2.22. The third kappa shape index (κ3) is 2.91. The topological polar surface area (TPSA) is 52.3 Å². The molecule has 0 fully saturated rings. The summed E-state index contributed by atoms with van der Waals surface area (Å²) in [6.45, 7) is 1.26. The Labute approximate surface area is 113 Å². The predicted molar refractivity (Wildman–Crippen MR) is 65.0 cm³/mol. The lowest BCUT2D eigenvalue weighted by Gasteiger charge is -2.22. The molecular weight excluding hydrogens is 287 g/mol. The summed E-state index contributed by atoms with van der Waals surface area (Å²) in [4.78, 5) is 11.1. The van der Waals surface area contributed by atoms with Crippen LogP contribution in [0, 0.1) is 0 Å². The van der Waals surface area contributed by atoms with E-state index < -0.39 is 17.9 Å². The SMILES string of the molecule is CCOC(=O)C(F)(F)[C@H](N)c1cccc(Cl)c1Cl. The van der Waals surface area contributed by atoms with Gasteiger partial charge in [0.15, 0.2) is 0 Å². The number of esters is 1. The van der Waals surface area contributed by atoms with E-state index in [-0.39, 0.29) is 22.2 Å². The van der Waals surface area contributed by atoms with Crippen molar-refractivity contribution in [2.75, 3.05) is 6.61 Å². The van der Waals surface area contributed by atoms with Crippen LogP contribution in [0.4, 0.5) is 8.78 Å². The maximum absolute atomic E-state index is 13.7. The lowest BCUT2D eigenvalue weighted by atomic mass is 10.0. The summed E-state index contributed by atoms with van der Waals surface area (Å²) >= 11 is 11.5. The van der Waals surface area contributed by atoms with Gasteiger partial charge in [-0.3, -0.25) is 0 Å². The van der Waals surface area contributed by atoms with Gasteiger partial charge in [-0.1, -0.05) is 35.3 Å². The summed E-state index contributed by atoms with van der Waals surface area (Å²) in [5.41, 5.74) is 5.27. The predicted octanol–water partition coefficient (Wildman–Crippen LogP) is 3.19. The van der Waals surface area contributed by atoms with Gasteiger partial charge in [-0.25, -0.2) is 4.79 Å². The van der Waals surface area contributed by atoms with Crippen molar-refractivity contribution in [1.29, 1.82) is 0 Å². The number of carbonyl (C=O) groups excluding carboxylic acids is 1. The number of hydrogen-bond acceptors (Lipinski definition) is 3. The monoisotopic (exact) mass is 297 g/mol. The first kappa shape index (κ1) is 15.1. The van der Waals surface area contributed by atoms with Gasteiger partial charge in [-0.15, -0.1) is 0 Å². The molecule has 1 aromatic carbocycles. The standard InChI is InChI=1S/C11H11Cl2F2NO2/c1-2-18-10(17)11(14,15)9(16)6-4-3-5-7(12)8(6)13/h3-5,9H,2,16H2,1H3/t9-/m1/s1. The van der Waals surface area contributed by atoms with Crippen molar-refractivity contribution in [3.05, 3.63) is 33.8 Å². The Morgan fingerprint density at radius 2 is 2.11 bits per heavy atom. The van der Waals surface area contributed by atoms with Crippen LogP contribution in [0.25, 0.3) is 0 Å². The molecule has 100 valence electrons. The minimum atomic E-state index is -3.87. The van der Waals surface area contributed by atoms with E-state index in [1.165, 1.54) is 25.1 Å². The Morgan fingerprint density at radius 1 is 1.50 bits per heavy atom. The third-order valence-corrected chi connectivity index (χ3v) is 3.09. The summed E-state index contributed by atoms with van der Waals surface area (Å²) in [6.07, 6.45) is 0. The fourth-order valence-electron chi connectivity index (χ4n) is 1.31. The second kappa shape index (κ2) is 5.82. The van der Waals surface area contributed by atoms with Gasteiger partial charge in [-0.2, -0.15) is 8.78 Å². The van der Waals surface area contributed by atoms with Gasteiger partial charge >= 0.3 is 11.9 Å². The number of rotatable bonds is 4. The largest absolute Gasteiger partial charge is 0.462 e. The molecular formula is C11H11Cl2F2NO2. The van der Waals surface area contributed by atoms with Crippen LogP contribution in [0.3, 0.4) is 0 Å². The van der Waals surface area contributed by atoms with E-state index in [0.717, 1.165) is 0 Å². The van der Waals surface area contributed by atoms with Gasteiger partial charge in [-0.05, 0) is 18.6 Å². The zero-order chi connectivity index (χ0) is 13.9. The highest BCUT2D eigenvalue weighted by atomic mass is 35.5. The van der Waals surface area contributed by atoms with Crippen molar-refractivity contribution in [1.82, 2.24) is 0 Å². The molecule has 0 aromatic heterocycles. The average Bonchev–Trinajstić information content (AvgIpc) is 2.32. The van der Waals surface area contributed by atoms with E-state index >= 15 is 0 Å². The van der Waals surface area contributed by atoms with Crippen molar-refractivity contribution in [3.8, 4) is 0 Å². The Bertz CT molecular complexity index is 455. The molecule has 0 unspecified atom stereocenters. The molecule has 0 aliphatic carbocycles. The molecule has 18 heavy (non-hydrogen) atoms. The van der Waals surface area contributed by atoms with Crippen molar-refractivity contribution < 1.29 is 18.3 Å². The van der Waals surface area contributed by atoms with Crippen molar-refractivity contribution in [3.63, 3.8) is 0 Å². The number of nitrogens with two attached hydrogens (primary N) is 1. The van der Waals surface area contributed by atoms with E-state index in [1.54, 1.807) is 0 Å². The number of hydrogen-bond donors (Lipinski definition) is 1. The molecule has 3 nitrogen and oxygen atoms in total. The van der Waals surface area contributed by atoms with Gasteiger partial charge in [0.05, 0.1) is 16.7 Å². The zero-order valence-electron chi connectivity index (χ0n) is 9.42. The molecule has 2 N–H and O–H groups in total. The summed E-state index contributed by atoms with van der Waals surface area (Å²) in [5.74, 6) is -5.56. The lowest BCUT2D eigenvalue weighted by molar-refractivity contribution is -0.174. The van der Waals surface area contributed by atoms with Gasteiger partial charge in [0.25, 0.3) is 0 Å². The molecule has 0 radical (unpaired) electrons. The van der Waals surface area contributed by atoms with Gasteiger partial charge in [0, 0.05) is 0 Å². The third-order valence-electron chi connectivity index (χ3n) is 2.25. The number of ether oxygens (including phenoxy) is 1. The molecule has 0 aliphatic heterocycles. The first-order valence-electron chi connectivity index (χ1n) is 5.06. The van der Waals surface area contributed by atoms with E-state index in [9.17, 15) is 13.6 Å².